The maximum atomic E-state index is 11.8. The third-order valence-corrected chi connectivity index (χ3v) is 5.46. The van der Waals surface area contributed by atoms with Crippen molar-refractivity contribution in [2.75, 3.05) is 13.6 Å². The van der Waals surface area contributed by atoms with Gasteiger partial charge in [0.15, 0.2) is 0 Å². The van der Waals surface area contributed by atoms with Gasteiger partial charge in [0, 0.05) is 32.3 Å². The molecule has 23 heavy (non-hydrogen) atoms. The van der Waals surface area contributed by atoms with Crippen molar-refractivity contribution in [2.24, 2.45) is 11.8 Å². The van der Waals surface area contributed by atoms with Crippen LogP contribution in [0.4, 0.5) is 0 Å². The molecule has 1 amide bonds. The molecule has 2 N–H and O–H groups in total. The molecule has 1 saturated carbocycles. The number of fused-ring (bicyclic) bond motifs is 2. The summed E-state index contributed by atoms with van der Waals surface area (Å²) in [5.41, 5.74) is 0.772. The van der Waals surface area contributed by atoms with Crippen LogP contribution in [0.15, 0.2) is 12.3 Å². The van der Waals surface area contributed by atoms with Crippen LogP contribution in [0, 0.1) is 11.8 Å². The first kappa shape index (κ1) is 14.9. The molecule has 1 aliphatic heterocycles. The predicted molar refractivity (Wildman–Crippen MR) is 88.0 cm³/mol. The van der Waals surface area contributed by atoms with Crippen molar-refractivity contribution in [1.82, 2.24) is 25.2 Å². The number of nitrogens with one attached hydrogen (secondary N) is 2. The lowest BCUT2D eigenvalue weighted by Crippen LogP contribution is -2.39. The van der Waals surface area contributed by atoms with Gasteiger partial charge in [-0.2, -0.15) is 0 Å². The molecule has 0 spiro atoms. The van der Waals surface area contributed by atoms with Crippen molar-refractivity contribution in [2.45, 2.75) is 31.8 Å². The molecule has 6 nitrogen and oxygen atoms in total. The van der Waals surface area contributed by atoms with Crippen LogP contribution in [0.25, 0.3) is 11.0 Å². The number of hydrogen-bond donors (Lipinski definition) is 2. The molecule has 0 aromatic carbocycles. The molecule has 3 atom stereocenters. The summed E-state index contributed by atoms with van der Waals surface area (Å²) in [4.78, 5) is 25.6. The maximum Gasteiger partial charge on any atom is 0.222 e. The lowest BCUT2D eigenvalue weighted by molar-refractivity contribution is -0.134. The zero-order valence-electron chi connectivity index (χ0n) is 13.1. The van der Waals surface area contributed by atoms with E-state index in [1.165, 1.54) is 0 Å². The Labute approximate surface area is 139 Å². The summed E-state index contributed by atoms with van der Waals surface area (Å²) in [6.45, 7) is 1.49. The third-order valence-electron chi connectivity index (χ3n) is 5.18. The molecule has 2 aromatic rings. The first-order valence-corrected chi connectivity index (χ1v) is 8.45. The lowest BCUT2D eigenvalue weighted by Gasteiger charge is -2.31. The number of aromatic nitrogens is 3. The highest BCUT2D eigenvalue weighted by molar-refractivity contribution is 6.33. The first-order valence-electron chi connectivity index (χ1n) is 8.07. The highest BCUT2D eigenvalue weighted by atomic mass is 35.5. The Morgan fingerprint density at radius 1 is 1.39 bits per heavy atom. The van der Waals surface area contributed by atoms with E-state index < -0.39 is 0 Å². The number of nitrogens with zero attached hydrogens (tertiary/aromatic N) is 3. The molecule has 1 unspecified atom stereocenters. The van der Waals surface area contributed by atoms with Crippen molar-refractivity contribution in [3.63, 3.8) is 0 Å². The number of aromatic amines is 1. The number of halogens is 1. The van der Waals surface area contributed by atoms with E-state index in [4.69, 9.17) is 11.6 Å². The molecule has 0 radical (unpaired) electrons. The fourth-order valence-electron chi connectivity index (χ4n) is 3.95. The van der Waals surface area contributed by atoms with E-state index in [0.717, 1.165) is 30.4 Å². The Morgan fingerprint density at radius 3 is 3.09 bits per heavy atom. The minimum Gasteiger partial charge on any atom is -0.346 e. The molecule has 4 rings (SSSR count). The second-order valence-corrected chi connectivity index (χ2v) is 7.08. The Kier molecular flexibility index (Phi) is 3.73. The van der Waals surface area contributed by atoms with Crippen LogP contribution in [-0.2, 0) is 11.3 Å². The maximum absolute atomic E-state index is 11.8. The molecule has 1 saturated heterocycles. The number of piperidine rings is 1. The van der Waals surface area contributed by atoms with Gasteiger partial charge in [0.05, 0.1) is 11.9 Å². The Morgan fingerprint density at radius 2 is 2.22 bits per heavy atom. The van der Waals surface area contributed by atoms with Crippen molar-refractivity contribution in [3.8, 4) is 0 Å². The fraction of sp³-hybridized carbons (Fsp3) is 0.562. The molecule has 1 aliphatic carbocycles. The van der Waals surface area contributed by atoms with Crippen LogP contribution >= 0.6 is 11.6 Å². The summed E-state index contributed by atoms with van der Waals surface area (Å²) in [6.07, 6.45) is 4.68. The minimum atomic E-state index is 0.277. The van der Waals surface area contributed by atoms with Crippen LogP contribution in [0.1, 0.15) is 25.1 Å². The molecule has 2 aliphatic rings. The molecule has 2 aromatic heterocycles. The van der Waals surface area contributed by atoms with Crippen molar-refractivity contribution in [3.05, 3.63) is 23.2 Å². The highest BCUT2D eigenvalue weighted by Crippen LogP contribution is 2.38. The number of H-pyrrole nitrogens is 1. The van der Waals surface area contributed by atoms with Gasteiger partial charge in [0.1, 0.15) is 16.6 Å². The smallest absolute Gasteiger partial charge is 0.222 e. The summed E-state index contributed by atoms with van der Waals surface area (Å²) in [7, 11) is 1.90. The molecule has 3 heterocycles. The Bertz CT molecular complexity index is 745. The number of carbonyl (C=O) groups excluding carboxylic acids is 1. The third kappa shape index (κ3) is 2.81. The number of likely N-dealkylation sites (tertiary alicyclic amines) is 1. The average molecular weight is 334 g/mol. The number of hydrogen-bond acceptors (Lipinski definition) is 4. The SMILES string of the molecule is CN1C[C@H]2CC(NCc3nc(Cl)c4cc[nH]c4n3)C[C@H]2CC1=O. The topological polar surface area (TPSA) is 73.9 Å². The highest BCUT2D eigenvalue weighted by Gasteiger charge is 2.39. The van der Waals surface area contributed by atoms with Crippen LogP contribution < -0.4 is 5.32 Å². The number of rotatable bonds is 3. The van der Waals surface area contributed by atoms with Gasteiger partial charge >= 0.3 is 0 Å². The molecular weight excluding hydrogens is 314 g/mol. The van der Waals surface area contributed by atoms with Gasteiger partial charge < -0.3 is 15.2 Å². The normalized spacial score (nSPS) is 27.7. The van der Waals surface area contributed by atoms with Gasteiger partial charge in [-0.1, -0.05) is 11.6 Å². The largest absolute Gasteiger partial charge is 0.346 e. The van der Waals surface area contributed by atoms with Crippen LogP contribution in [0.3, 0.4) is 0 Å². The van der Waals surface area contributed by atoms with E-state index in [2.05, 4.69) is 20.3 Å². The Hall–Kier alpha value is -1.66. The fourth-order valence-corrected chi connectivity index (χ4v) is 4.20. The summed E-state index contributed by atoms with van der Waals surface area (Å²) >= 11 is 6.19. The van der Waals surface area contributed by atoms with Gasteiger partial charge in [-0.3, -0.25) is 4.79 Å². The van der Waals surface area contributed by atoms with Gasteiger partial charge in [-0.05, 0) is 30.7 Å². The first-order chi connectivity index (χ1) is 11.1. The molecule has 7 heteroatoms. The summed E-state index contributed by atoms with van der Waals surface area (Å²) in [5.74, 6) is 2.12. The van der Waals surface area contributed by atoms with Crippen LogP contribution in [-0.4, -0.2) is 45.4 Å². The van der Waals surface area contributed by atoms with E-state index in [1.54, 1.807) is 0 Å². The predicted octanol–water partition coefficient (Wildman–Crippen LogP) is 1.96. The van der Waals surface area contributed by atoms with Crippen molar-refractivity contribution in [1.29, 1.82) is 0 Å². The lowest BCUT2D eigenvalue weighted by atomic mass is 9.88. The molecule has 122 valence electrons. The van der Waals surface area contributed by atoms with E-state index in [0.29, 0.717) is 41.8 Å². The quantitative estimate of drug-likeness (QED) is 0.842. The van der Waals surface area contributed by atoms with Gasteiger partial charge in [-0.25, -0.2) is 9.97 Å². The second-order valence-electron chi connectivity index (χ2n) is 6.72. The monoisotopic (exact) mass is 333 g/mol. The molecular formula is C16H20ClN5O. The molecule has 0 bridgehead atoms. The van der Waals surface area contributed by atoms with E-state index >= 15 is 0 Å². The van der Waals surface area contributed by atoms with E-state index in [1.807, 2.05) is 24.2 Å². The zero-order valence-corrected chi connectivity index (χ0v) is 13.8. The van der Waals surface area contributed by atoms with Gasteiger partial charge in [0.25, 0.3) is 0 Å². The summed E-state index contributed by atoms with van der Waals surface area (Å²) < 4.78 is 0. The Balaban J connectivity index is 1.40. The van der Waals surface area contributed by atoms with E-state index in [9.17, 15) is 4.79 Å². The average Bonchev–Trinajstić information content (AvgIpc) is 3.12. The van der Waals surface area contributed by atoms with Crippen molar-refractivity contribution >= 4 is 28.5 Å². The van der Waals surface area contributed by atoms with Crippen LogP contribution in [0.5, 0.6) is 0 Å². The summed E-state index contributed by atoms with van der Waals surface area (Å²) in [6, 6.07) is 2.30. The summed E-state index contributed by atoms with van der Waals surface area (Å²) in [5, 5.41) is 4.88. The van der Waals surface area contributed by atoms with E-state index in [-0.39, 0.29) is 5.91 Å². The molecule has 2 fully saturated rings. The van der Waals surface area contributed by atoms with Gasteiger partial charge in [-0.15, -0.1) is 0 Å². The van der Waals surface area contributed by atoms with Crippen LogP contribution in [0.2, 0.25) is 5.15 Å². The van der Waals surface area contributed by atoms with Crippen molar-refractivity contribution < 1.29 is 4.79 Å². The minimum absolute atomic E-state index is 0.277. The van der Waals surface area contributed by atoms with Gasteiger partial charge in [0.2, 0.25) is 5.91 Å². The second kappa shape index (κ2) is 5.76. The standard InChI is InChI=1S/C16H20ClN5O/c1-22-8-10-5-11(4-9(10)6-14(22)23)19-7-13-20-15(17)12-2-3-18-16(12)21-13/h2-3,9-11,19H,4-8H2,1H3,(H,18,20,21)/t9-,10+,11?/m0/s1. The zero-order chi connectivity index (χ0) is 16.0. The number of amides is 1. The number of carbonyl (C=O) groups is 1.